The van der Waals surface area contributed by atoms with Crippen LogP contribution in [0.25, 0.3) is 0 Å². The Morgan fingerprint density at radius 3 is 2.44 bits per heavy atom. The van der Waals surface area contributed by atoms with E-state index in [-0.39, 0.29) is 6.04 Å². The summed E-state index contributed by atoms with van der Waals surface area (Å²) in [7, 11) is 1.60. The van der Waals surface area contributed by atoms with Crippen LogP contribution in [0.15, 0.2) is 42.5 Å². The number of ether oxygens (including phenoxy) is 1. The summed E-state index contributed by atoms with van der Waals surface area (Å²) in [6, 6.07) is 13.6. The zero-order valence-corrected chi connectivity index (χ0v) is 11.2. The fraction of sp³-hybridized carbons (Fsp3) is 0.200. The van der Waals surface area contributed by atoms with Gasteiger partial charge in [0.05, 0.1) is 18.2 Å². The average molecular weight is 262 g/mol. The molecule has 1 atom stereocenters. The molecule has 18 heavy (non-hydrogen) atoms. The molecule has 0 radical (unpaired) electrons. The molecule has 0 aliphatic heterocycles. The van der Waals surface area contributed by atoms with E-state index in [4.69, 9.17) is 22.1 Å². The van der Waals surface area contributed by atoms with Crippen molar-refractivity contribution in [2.45, 2.75) is 13.0 Å². The summed E-state index contributed by atoms with van der Waals surface area (Å²) in [5.74, 6) is 0.664. The first-order valence-electron chi connectivity index (χ1n) is 5.77. The van der Waals surface area contributed by atoms with E-state index < -0.39 is 0 Å². The quantitative estimate of drug-likeness (QED) is 0.914. The number of hydrogen-bond donors (Lipinski definition) is 1. The first-order valence-corrected chi connectivity index (χ1v) is 6.15. The molecule has 0 saturated carbocycles. The van der Waals surface area contributed by atoms with E-state index >= 15 is 0 Å². The van der Waals surface area contributed by atoms with Gasteiger partial charge in [-0.2, -0.15) is 0 Å². The van der Waals surface area contributed by atoms with Gasteiger partial charge in [-0.1, -0.05) is 47.5 Å². The molecule has 0 aliphatic rings. The number of aryl methyl sites for hydroxylation is 1. The van der Waals surface area contributed by atoms with Gasteiger partial charge in [0.15, 0.2) is 0 Å². The molecule has 0 heterocycles. The minimum Gasteiger partial charge on any atom is -0.495 e. The smallest absolute Gasteiger partial charge is 0.137 e. The van der Waals surface area contributed by atoms with Crippen LogP contribution in [0, 0.1) is 6.92 Å². The van der Waals surface area contributed by atoms with Gasteiger partial charge >= 0.3 is 0 Å². The molecule has 0 saturated heterocycles. The molecular formula is C15H16ClNO. The van der Waals surface area contributed by atoms with Gasteiger partial charge in [-0.25, -0.2) is 0 Å². The minimum absolute atomic E-state index is 0.173. The van der Waals surface area contributed by atoms with Crippen LogP contribution >= 0.6 is 11.6 Å². The van der Waals surface area contributed by atoms with Crippen LogP contribution in [0.2, 0.25) is 5.02 Å². The topological polar surface area (TPSA) is 35.2 Å². The van der Waals surface area contributed by atoms with Crippen molar-refractivity contribution < 1.29 is 4.74 Å². The second-order valence-corrected chi connectivity index (χ2v) is 4.69. The Morgan fingerprint density at radius 2 is 1.83 bits per heavy atom. The maximum atomic E-state index is 6.25. The summed E-state index contributed by atoms with van der Waals surface area (Å²) in [6.07, 6.45) is 0. The number of nitrogens with two attached hydrogens (primary N) is 1. The van der Waals surface area contributed by atoms with Crippen LogP contribution in [0.4, 0.5) is 0 Å². The molecule has 0 amide bonds. The Labute approximate surface area is 112 Å². The number of hydrogen-bond acceptors (Lipinski definition) is 2. The van der Waals surface area contributed by atoms with Crippen molar-refractivity contribution in [3.63, 3.8) is 0 Å². The van der Waals surface area contributed by atoms with E-state index in [1.54, 1.807) is 7.11 Å². The highest BCUT2D eigenvalue weighted by molar-refractivity contribution is 6.32. The molecule has 0 spiro atoms. The molecule has 2 rings (SSSR count). The Hall–Kier alpha value is -1.51. The Bertz CT molecular complexity index is 554. The fourth-order valence-electron chi connectivity index (χ4n) is 1.93. The van der Waals surface area contributed by atoms with Gasteiger partial charge in [0.25, 0.3) is 0 Å². The standard InChI is InChI=1S/C15H16ClNO/c1-10-4-3-5-11(8-10)15(17)12-6-7-14(18-2)13(16)9-12/h3-9,15H,17H2,1-2H3. The molecule has 0 aliphatic carbocycles. The number of halogens is 1. The summed E-state index contributed by atoms with van der Waals surface area (Å²) in [4.78, 5) is 0. The first kappa shape index (κ1) is 12.9. The molecule has 2 aromatic carbocycles. The molecule has 0 fully saturated rings. The lowest BCUT2D eigenvalue weighted by Gasteiger charge is -2.14. The van der Waals surface area contributed by atoms with E-state index in [2.05, 4.69) is 19.1 Å². The van der Waals surface area contributed by atoms with E-state index in [1.165, 1.54) is 5.56 Å². The summed E-state index contributed by atoms with van der Waals surface area (Å²) in [6.45, 7) is 2.05. The van der Waals surface area contributed by atoms with E-state index in [0.29, 0.717) is 10.8 Å². The van der Waals surface area contributed by atoms with Crippen molar-refractivity contribution in [1.29, 1.82) is 0 Å². The number of rotatable bonds is 3. The second-order valence-electron chi connectivity index (χ2n) is 4.29. The van der Waals surface area contributed by atoms with Gasteiger partial charge in [0.1, 0.15) is 5.75 Å². The monoisotopic (exact) mass is 261 g/mol. The van der Waals surface area contributed by atoms with E-state index in [9.17, 15) is 0 Å². The van der Waals surface area contributed by atoms with Crippen molar-refractivity contribution in [1.82, 2.24) is 0 Å². The van der Waals surface area contributed by atoms with Gasteiger partial charge in [-0.05, 0) is 30.2 Å². The molecule has 1 unspecified atom stereocenters. The lowest BCUT2D eigenvalue weighted by Crippen LogP contribution is -2.11. The Kier molecular flexibility index (Phi) is 3.90. The van der Waals surface area contributed by atoms with Gasteiger partial charge < -0.3 is 10.5 Å². The van der Waals surface area contributed by atoms with Crippen LogP contribution in [0.1, 0.15) is 22.7 Å². The SMILES string of the molecule is COc1ccc(C(N)c2cccc(C)c2)cc1Cl. The molecule has 3 heteroatoms. The third-order valence-electron chi connectivity index (χ3n) is 2.94. The van der Waals surface area contributed by atoms with Crippen molar-refractivity contribution in [3.05, 3.63) is 64.2 Å². The Balaban J connectivity index is 2.34. The van der Waals surface area contributed by atoms with Crippen molar-refractivity contribution in [2.24, 2.45) is 5.73 Å². The predicted molar refractivity (Wildman–Crippen MR) is 75.2 cm³/mol. The highest BCUT2D eigenvalue weighted by atomic mass is 35.5. The second kappa shape index (κ2) is 5.42. The lowest BCUT2D eigenvalue weighted by atomic mass is 9.98. The largest absolute Gasteiger partial charge is 0.495 e. The fourth-order valence-corrected chi connectivity index (χ4v) is 2.20. The molecule has 94 valence electrons. The summed E-state index contributed by atoms with van der Waals surface area (Å²) < 4.78 is 5.13. The van der Waals surface area contributed by atoms with Crippen LogP contribution < -0.4 is 10.5 Å². The minimum atomic E-state index is -0.173. The average Bonchev–Trinajstić information content (AvgIpc) is 2.37. The molecule has 0 aromatic heterocycles. The first-order chi connectivity index (χ1) is 8.61. The van der Waals surface area contributed by atoms with Crippen molar-refractivity contribution >= 4 is 11.6 Å². The summed E-state index contributed by atoms with van der Waals surface area (Å²) >= 11 is 6.11. The highest BCUT2D eigenvalue weighted by Crippen LogP contribution is 2.29. The summed E-state index contributed by atoms with van der Waals surface area (Å²) in [5.41, 5.74) is 9.50. The van der Waals surface area contributed by atoms with Crippen LogP contribution in [-0.4, -0.2) is 7.11 Å². The molecule has 2 N–H and O–H groups in total. The zero-order chi connectivity index (χ0) is 13.1. The Morgan fingerprint density at radius 1 is 1.11 bits per heavy atom. The normalized spacial score (nSPS) is 12.2. The maximum Gasteiger partial charge on any atom is 0.137 e. The van der Waals surface area contributed by atoms with Crippen molar-refractivity contribution in [3.8, 4) is 5.75 Å². The molecular weight excluding hydrogens is 246 g/mol. The molecule has 2 aromatic rings. The third kappa shape index (κ3) is 2.66. The highest BCUT2D eigenvalue weighted by Gasteiger charge is 2.11. The zero-order valence-electron chi connectivity index (χ0n) is 10.5. The maximum absolute atomic E-state index is 6.25. The van der Waals surface area contributed by atoms with Gasteiger partial charge in [-0.15, -0.1) is 0 Å². The van der Waals surface area contributed by atoms with Gasteiger partial charge in [-0.3, -0.25) is 0 Å². The molecule has 0 bridgehead atoms. The molecule has 2 nitrogen and oxygen atoms in total. The van der Waals surface area contributed by atoms with Crippen LogP contribution in [0.5, 0.6) is 5.75 Å². The summed E-state index contributed by atoms with van der Waals surface area (Å²) in [5, 5.41) is 0.582. The predicted octanol–water partition coefficient (Wildman–Crippen LogP) is 3.71. The van der Waals surface area contributed by atoms with E-state index in [1.807, 2.05) is 30.3 Å². The van der Waals surface area contributed by atoms with Gasteiger partial charge in [0, 0.05) is 0 Å². The van der Waals surface area contributed by atoms with Crippen LogP contribution in [-0.2, 0) is 0 Å². The number of benzene rings is 2. The van der Waals surface area contributed by atoms with Gasteiger partial charge in [0.2, 0.25) is 0 Å². The van der Waals surface area contributed by atoms with Crippen molar-refractivity contribution in [2.75, 3.05) is 7.11 Å². The van der Waals surface area contributed by atoms with E-state index in [0.717, 1.165) is 11.1 Å². The lowest BCUT2D eigenvalue weighted by molar-refractivity contribution is 0.415. The van der Waals surface area contributed by atoms with Crippen LogP contribution in [0.3, 0.4) is 0 Å². The number of methoxy groups -OCH3 is 1. The third-order valence-corrected chi connectivity index (χ3v) is 3.23.